The van der Waals surface area contributed by atoms with Crippen LogP contribution in [0.3, 0.4) is 0 Å². The fourth-order valence-electron chi connectivity index (χ4n) is 1.25. The molecule has 6 heteroatoms. The fourth-order valence-corrected chi connectivity index (χ4v) is 1.52. The van der Waals surface area contributed by atoms with Crippen molar-refractivity contribution in [2.24, 2.45) is 0 Å². The Morgan fingerprint density at radius 3 is 2.94 bits per heavy atom. The quantitative estimate of drug-likeness (QED) is 0.569. The van der Waals surface area contributed by atoms with Gasteiger partial charge in [-0.15, -0.1) is 11.6 Å². The highest BCUT2D eigenvalue weighted by Crippen LogP contribution is 2.16. The van der Waals surface area contributed by atoms with Crippen LogP contribution in [0, 0.1) is 6.92 Å². The zero-order valence-corrected chi connectivity index (χ0v) is 10.4. The third-order valence-electron chi connectivity index (χ3n) is 2.16. The number of carbonyl (C=O) groups excluding carboxylic acids is 1. The van der Waals surface area contributed by atoms with Crippen LogP contribution in [0.25, 0.3) is 0 Å². The average Bonchev–Trinajstić information content (AvgIpc) is 2.70. The summed E-state index contributed by atoms with van der Waals surface area (Å²) in [7, 11) is 0. The fraction of sp³-hybridized carbons (Fsp3) is 0.545. The standard InChI is InChI=1S/C11H16ClNO4/c1-8-9(7-12)6-10(17-8)11(15)13-2-4-16-5-3-14/h6,14H,2-5,7H2,1H3,(H,13,15). The van der Waals surface area contributed by atoms with Gasteiger partial charge in [0.05, 0.1) is 25.7 Å². The molecule has 0 aliphatic heterocycles. The first-order valence-corrected chi connectivity index (χ1v) is 5.84. The summed E-state index contributed by atoms with van der Waals surface area (Å²) in [6.45, 7) is 2.73. The molecular weight excluding hydrogens is 246 g/mol. The van der Waals surface area contributed by atoms with E-state index in [0.29, 0.717) is 24.8 Å². The molecule has 0 bridgehead atoms. The molecule has 0 fully saturated rings. The molecule has 0 unspecified atom stereocenters. The number of hydrogen-bond donors (Lipinski definition) is 2. The largest absolute Gasteiger partial charge is 0.456 e. The summed E-state index contributed by atoms with van der Waals surface area (Å²) < 4.78 is 10.3. The van der Waals surface area contributed by atoms with Gasteiger partial charge in [0.1, 0.15) is 5.76 Å². The summed E-state index contributed by atoms with van der Waals surface area (Å²) in [5, 5.41) is 11.1. The second kappa shape index (κ2) is 7.32. The molecule has 1 rings (SSSR count). The third kappa shape index (κ3) is 4.38. The van der Waals surface area contributed by atoms with Crippen molar-refractivity contribution in [3.8, 4) is 0 Å². The van der Waals surface area contributed by atoms with E-state index in [-0.39, 0.29) is 24.9 Å². The van der Waals surface area contributed by atoms with E-state index in [4.69, 9.17) is 25.9 Å². The van der Waals surface area contributed by atoms with Crippen LogP contribution in [-0.2, 0) is 10.6 Å². The smallest absolute Gasteiger partial charge is 0.287 e. The van der Waals surface area contributed by atoms with Gasteiger partial charge >= 0.3 is 0 Å². The second-order valence-electron chi connectivity index (χ2n) is 3.42. The molecule has 0 saturated heterocycles. The van der Waals surface area contributed by atoms with Crippen LogP contribution >= 0.6 is 11.6 Å². The van der Waals surface area contributed by atoms with Gasteiger partial charge in [0.2, 0.25) is 0 Å². The second-order valence-corrected chi connectivity index (χ2v) is 3.68. The van der Waals surface area contributed by atoms with E-state index >= 15 is 0 Å². The van der Waals surface area contributed by atoms with E-state index in [9.17, 15) is 4.79 Å². The van der Waals surface area contributed by atoms with Gasteiger partial charge in [-0.1, -0.05) is 0 Å². The number of aliphatic hydroxyl groups excluding tert-OH is 1. The molecule has 96 valence electrons. The molecule has 1 amide bonds. The minimum Gasteiger partial charge on any atom is -0.456 e. The monoisotopic (exact) mass is 261 g/mol. The molecule has 0 radical (unpaired) electrons. The summed E-state index contributed by atoms with van der Waals surface area (Å²) in [5.41, 5.74) is 0.813. The number of aryl methyl sites for hydroxylation is 1. The van der Waals surface area contributed by atoms with E-state index in [1.807, 2.05) is 0 Å². The maximum absolute atomic E-state index is 11.6. The topological polar surface area (TPSA) is 71.7 Å². The van der Waals surface area contributed by atoms with Gasteiger partial charge in [0.15, 0.2) is 5.76 Å². The zero-order valence-electron chi connectivity index (χ0n) is 9.66. The van der Waals surface area contributed by atoms with Gasteiger partial charge in [-0.3, -0.25) is 4.79 Å². The molecule has 0 aromatic carbocycles. The SMILES string of the molecule is Cc1oc(C(=O)NCCOCCO)cc1CCl. The average molecular weight is 262 g/mol. The maximum atomic E-state index is 11.6. The maximum Gasteiger partial charge on any atom is 0.287 e. The van der Waals surface area contributed by atoms with E-state index in [2.05, 4.69) is 5.32 Å². The van der Waals surface area contributed by atoms with Crippen LogP contribution in [0.1, 0.15) is 21.9 Å². The lowest BCUT2D eigenvalue weighted by atomic mass is 10.3. The Labute approximate surface area is 105 Å². The number of amides is 1. The van der Waals surface area contributed by atoms with Gasteiger partial charge in [-0.2, -0.15) is 0 Å². The van der Waals surface area contributed by atoms with Crippen molar-refractivity contribution in [3.63, 3.8) is 0 Å². The molecule has 2 N–H and O–H groups in total. The molecule has 0 aliphatic rings. The first-order valence-electron chi connectivity index (χ1n) is 5.31. The predicted molar refractivity (Wildman–Crippen MR) is 63.2 cm³/mol. The summed E-state index contributed by atoms with van der Waals surface area (Å²) in [4.78, 5) is 11.6. The van der Waals surface area contributed by atoms with Crippen molar-refractivity contribution >= 4 is 17.5 Å². The number of alkyl halides is 1. The van der Waals surface area contributed by atoms with Gasteiger partial charge in [-0.25, -0.2) is 0 Å². The lowest BCUT2D eigenvalue weighted by Crippen LogP contribution is -2.27. The van der Waals surface area contributed by atoms with Crippen LogP contribution in [0.15, 0.2) is 10.5 Å². The molecule has 0 saturated carbocycles. The molecule has 5 nitrogen and oxygen atoms in total. The third-order valence-corrected chi connectivity index (χ3v) is 2.44. The Morgan fingerprint density at radius 2 is 2.35 bits per heavy atom. The van der Waals surface area contributed by atoms with Crippen molar-refractivity contribution in [1.82, 2.24) is 5.32 Å². The Hall–Kier alpha value is -1.04. The number of halogens is 1. The van der Waals surface area contributed by atoms with Gasteiger partial charge in [0.25, 0.3) is 5.91 Å². The highest BCUT2D eigenvalue weighted by Gasteiger charge is 2.13. The Balaban J connectivity index is 2.36. The van der Waals surface area contributed by atoms with Crippen molar-refractivity contribution in [1.29, 1.82) is 0 Å². The summed E-state index contributed by atoms with van der Waals surface area (Å²) in [5.74, 6) is 0.932. The van der Waals surface area contributed by atoms with Crippen LogP contribution in [-0.4, -0.2) is 37.4 Å². The number of hydrogen-bond acceptors (Lipinski definition) is 4. The zero-order chi connectivity index (χ0) is 12.7. The number of rotatable bonds is 7. The molecule has 0 atom stereocenters. The van der Waals surface area contributed by atoms with Crippen LogP contribution in [0.2, 0.25) is 0 Å². The Kier molecular flexibility index (Phi) is 6.04. The summed E-state index contributed by atoms with van der Waals surface area (Å²) >= 11 is 5.68. The normalized spacial score (nSPS) is 10.5. The predicted octanol–water partition coefficient (Wildman–Crippen LogP) is 1.07. The van der Waals surface area contributed by atoms with Gasteiger partial charge in [-0.05, 0) is 13.0 Å². The highest BCUT2D eigenvalue weighted by molar-refractivity contribution is 6.17. The van der Waals surface area contributed by atoms with Gasteiger partial charge < -0.3 is 19.6 Å². The van der Waals surface area contributed by atoms with E-state index in [0.717, 1.165) is 5.56 Å². The summed E-state index contributed by atoms with van der Waals surface area (Å²) in [6, 6.07) is 1.63. The molecule has 0 spiro atoms. The van der Waals surface area contributed by atoms with Gasteiger partial charge in [0, 0.05) is 12.1 Å². The molecular formula is C11H16ClNO4. The van der Waals surface area contributed by atoms with Crippen molar-refractivity contribution in [3.05, 3.63) is 23.2 Å². The number of ether oxygens (including phenoxy) is 1. The molecule has 1 heterocycles. The first kappa shape index (κ1) is 14.0. The minimum atomic E-state index is -0.294. The molecule has 1 aromatic heterocycles. The number of aliphatic hydroxyl groups is 1. The van der Waals surface area contributed by atoms with Crippen LogP contribution in [0.5, 0.6) is 0 Å². The number of nitrogens with one attached hydrogen (secondary N) is 1. The number of furan rings is 1. The molecule has 1 aromatic rings. The summed E-state index contributed by atoms with van der Waals surface area (Å²) in [6.07, 6.45) is 0. The van der Waals surface area contributed by atoms with Crippen molar-refractivity contribution in [2.45, 2.75) is 12.8 Å². The number of carbonyl (C=O) groups is 1. The van der Waals surface area contributed by atoms with Crippen molar-refractivity contribution in [2.75, 3.05) is 26.4 Å². The van der Waals surface area contributed by atoms with Crippen molar-refractivity contribution < 1.29 is 19.1 Å². The van der Waals surface area contributed by atoms with E-state index in [1.165, 1.54) is 0 Å². The lowest BCUT2D eigenvalue weighted by Gasteiger charge is -2.03. The lowest BCUT2D eigenvalue weighted by molar-refractivity contribution is 0.0820. The minimum absolute atomic E-state index is 0.0234. The van der Waals surface area contributed by atoms with E-state index in [1.54, 1.807) is 13.0 Å². The molecule has 0 aliphatic carbocycles. The molecule has 17 heavy (non-hydrogen) atoms. The van der Waals surface area contributed by atoms with Crippen LogP contribution < -0.4 is 5.32 Å². The Morgan fingerprint density at radius 1 is 1.59 bits per heavy atom. The van der Waals surface area contributed by atoms with Crippen LogP contribution in [0.4, 0.5) is 0 Å². The Bertz CT molecular complexity index is 364. The first-order chi connectivity index (χ1) is 8.19. The van der Waals surface area contributed by atoms with E-state index < -0.39 is 0 Å². The highest BCUT2D eigenvalue weighted by atomic mass is 35.5.